The van der Waals surface area contributed by atoms with Gasteiger partial charge >= 0.3 is 0 Å². The van der Waals surface area contributed by atoms with Gasteiger partial charge in [0, 0.05) is 11.8 Å². The topological polar surface area (TPSA) is 59.6 Å². The van der Waals surface area contributed by atoms with Crippen LogP contribution >= 0.6 is 0 Å². The highest BCUT2D eigenvalue weighted by molar-refractivity contribution is 5.95. The van der Waals surface area contributed by atoms with E-state index in [-0.39, 0.29) is 12.5 Å². The highest BCUT2D eigenvalue weighted by atomic mass is 16.5. The van der Waals surface area contributed by atoms with E-state index in [1.165, 1.54) is 5.56 Å². The Morgan fingerprint density at radius 2 is 1.67 bits per heavy atom. The number of hydrogen-bond acceptors (Lipinski definition) is 4. The van der Waals surface area contributed by atoms with Crippen LogP contribution in [-0.4, -0.2) is 26.7 Å². The SMILES string of the molecule is COc1ccc(OC)c(NC(=O)CNc2c(C)cc(C)cc2C)c1. The van der Waals surface area contributed by atoms with E-state index >= 15 is 0 Å². The van der Waals surface area contributed by atoms with Crippen LogP contribution in [0.25, 0.3) is 0 Å². The second kappa shape index (κ2) is 7.73. The number of nitrogens with one attached hydrogen (secondary N) is 2. The third-order valence-electron chi connectivity index (χ3n) is 3.78. The average molecular weight is 328 g/mol. The molecular formula is C19H24N2O3. The van der Waals surface area contributed by atoms with Gasteiger partial charge in [0.15, 0.2) is 0 Å². The Hall–Kier alpha value is -2.69. The number of amides is 1. The van der Waals surface area contributed by atoms with E-state index in [1.807, 2.05) is 13.8 Å². The van der Waals surface area contributed by atoms with Crippen LogP contribution in [0.5, 0.6) is 11.5 Å². The van der Waals surface area contributed by atoms with E-state index in [4.69, 9.17) is 9.47 Å². The van der Waals surface area contributed by atoms with Crippen LogP contribution in [0.1, 0.15) is 16.7 Å². The first-order valence-corrected chi connectivity index (χ1v) is 7.78. The van der Waals surface area contributed by atoms with Crippen molar-refractivity contribution in [1.29, 1.82) is 0 Å². The summed E-state index contributed by atoms with van der Waals surface area (Å²) in [7, 11) is 3.15. The van der Waals surface area contributed by atoms with Gasteiger partial charge in [-0.05, 0) is 44.0 Å². The molecule has 0 saturated carbocycles. The van der Waals surface area contributed by atoms with Crippen molar-refractivity contribution in [3.8, 4) is 11.5 Å². The van der Waals surface area contributed by atoms with Crippen LogP contribution < -0.4 is 20.1 Å². The smallest absolute Gasteiger partial charge is 0.243 e. The molecule has 0 aliphatic heterocycles. The van der Waals surface area contributed by atoms with Crippen LogP contribution in [0, 0.1) is 20.8 Å². The van der Waals surface area contributed by atoms with Crippen molar-refractivity contribution in [2.24, 2.45) is 0 Å². The predicted molar refractivity (Wildman–Crippen MR) is 97.3 cm³/mol. The van der Waals surface area contributed by atoms with Gasteiger partial charge in [-0.3, -0.25) is 4.79 Å². The van der Waals surface area contributed by atoms with Crippen LogP contribution in [0.15, 0.2) is 30.3 Å². The Bertz CT molecular complexity index is 718. The number of benzene rings is 2. The molecule has 0 aliphatic carbocycles. The summed E-state index contributed by atoms with van der Waals surface area (Å²) in [6.45, 7) is 6.30. The Balaban J connectivity index is 2.07. The summed E-state index contributed by atoms with van der Waals surface area (Å²) in [5, 5.41) is 6.06. The Morgan fingerprint density at radius 1 is 1.00 bits per heavy atom. The largest absolute Gasteiger partial charge is 0.497 e. The van der Waals surface area contributed by atoms with Gasteiger partial charge in [-0.1, -0.05) is 17.7 Å². The zero-order chi connectivity index (χ0) is 17.7. The lowest BCUT2D eigenvalue weighted by molar-refractivity contribution is -0.114. The molecule has 128 valence electrons. The first kappa shape index (κ1) is 17.7. The summed E-state index contributed by atoms with van der Waals surface area (Å²) < 4.78 is 10.5. The van der Waals surface area contributed by atoms with Gasteiger partial charge < -0.3 is 20.1 Å². The van der Waals surface area contributed by atoms with Crippen LogP contribution in [0.3, 0.4) is 0 Å². The van der Waals surface area contributed by atoms with Crippen molar-refractivity contribution in [3.05, 3.63) is 47.0 Å². The number of carbonyl (C=O) groups is 1. The maximum atomic E-state index is 12.3. The molecule has 0 spiro atoms. The lowest BCUT2D eigenvalue weighted by atomic mass is 10.1. The van der Waals surface area contributed by atoms with Crippen molar-refractivity contribution >= 4 is 17.3 Å². The number of anilines is 2. The molecule has 0 atom stereocenters. The fourth-order valence-electron chi connectivity index (χ4n) is 2.73. The third kappa shape index (κ3) is 4.19. The van der Waals surface area contributed by atoms with Crippen molar-refractivity contribution < 1.29 is 14.3 Å². The molecule has 24 heavy (non-hydrogen) atoms. The number of rotatable bonds is 6. The molecule has 0 radical (unpaired) electrons. The minimum atomic E-state index is -0.152. The van der Waals surface area contributed by atoms with E-state index < -0.39 is 0 Å². The number of aryl methyl sites for hydroxylation is 3. The normalized spacial score (nSPS) is 10.2. The molecule has 2 aromatic carbocycles. The van der Waals surface area contributed by atoms with E-state index in [2.05, 4.69) is 29.7 Å². The van der Waals surface area contributed by atoms with Gasteiger partial charge in [0.05, 0.1) is 26.5 Å². The summed E-state index contributed by atoms with van der Waals surface area (Å²) in [5.41, 5.74) is 5.04. The lowest BCUT2D eigenvalue weighted by Gasteiger charge is -2.15. The molecule has 1 amide bonds. The lowest BCUT2D eigenvalue weighted by Crippen LogP contribution is -2.22. The molecule has 5 heteroatoms. The molecule has 0 fully saturated rings. The first-order valence-electron chi connectivity index (χ1n) is 7.78. The monoisotopic (exact) mass is 328 g/mol. The standard InChI is InChI=1S/C19H24N2O3/c1-12-8-13(2)19(14(3)9-12)20-11-18(22)21-16-10-15(23-4)6-7-17(16)24-5/h6-10,20H,11H2,1-5H3,(H,21,22). The fourth-order valence-corrected chi connectivity index (χ4v) is 2.73. The van der Waals surface area contributed by atoms with E-state index in [9.17, 15) is 4.79 Å². The van der Waals surface area contributed by atoms with Gasteiger partial charge in [-0.2, -0.15) is 0 Å². The second-order valence-corrected chi connectivity index (χ2v) is 5.74. The highest BCUT2D eigenvalue weighted by Crippen LogP contribution is 2.29. The maximum absolute atomic E-state index is 12.3. The van der Waals surface area contributed by atoms with Gasteiger partial charge in [-0.25, -0.2) is 0 Å². The van der Waals surface area contributed by atoms with Crippen molar-refractivity contribution in [2.45, 2.75) is 20.8 Å². The highest BCUT2D eigenvalue weighted by Gasteiger charge is 2.10. The maximum Gasteiger partial charge on any atom is 0.243 e. The Kier molecular flexibility index (Phi) is 5.68. The van der Waals surface area contributed by atoms with Gasteiger partial charge in [0.2, 0.25) is 5.91 Å². The molecule has 0 heterocycles. The minimum absolute atomic E-state index is 0.152. The number of ether oxygens (including phenoxy) is 2. The molecule has 2 aromatic rings. The number of methoxy groups -OCH3 is 2. The summed E-state index contributed by atoms with van der Waals surface area (Å²) >= 11 is 0. The van der Waals surface area contributed by atoms with Crippen molar-refractivity contribution in [3.63, 3.8) is 0 Å². The molecular weight excluding hydrogens is 304 g/mol. The van der Waals surface area contributed by atoms with Gasteiger partial charge in [0.25, 0.3) is 0 Å². The quantitative estimate of drug-likeness (QED) is 0.849. The summed E-state index contributed by atoms with van der Waals surface area (Å²) in [6, 6.07) is 9.47. The predicted octanol–water partition coefficient (Wildman–Crippen LogP) is 3.68. The fraction of sp³-hybridized carbons (Fsp3) is 0.316. The summed E-state index contributed by atoms with van der Waals surface area (Å²) in [4.78, 5) is 12.3. The van der Waals surface area contributed by atoms with Crippen LogP contribution in [0.4, 0.5) is 11.4 Å². The number of hydrogen-bond donors (Lipinski definition) is 2. The first-order chi connectivity index (χ1) is 11.4. The van der Waals surface area contributed by atoms with Gasteiger partial charge in [-0.15, -0.1) is 0 Å². The zero-order valence-electron chi connectivity index (χ0n) is 14.8. The second-order valence-electron chi connectivity index (χ2n) is 5.74. The molecule has 0 aromatic heterocycles. The molecule has 0 bridgehead atoms. The molecule has 0 aliphatic rings. The third-order valence-corrected chi connectivity index (χ3v) is 3.78. The molecule has 2 rings (SSSR count). The van der Waals surface area contributed by atoms with Crippen molar-refractivity contribution in [1.82, 2.24) is 0 Å². The Labute approximate surface area is 143 Å². The van der Waals surface area contributed by atoms with Crippen molar-refractivity contribution in [2.75, 3.05) is 31.4 Å². The molecule has 2 N–H and O–H groups in total. The van der Waals surface area contributed by atoms with Crippen LogP contribution in [0.2, 0.25) is 0 Å². The Morgan fingerprint density at radius 3 is 2.25 bits per heavy atom. The molecule has 5 nitrogen and oxygen atoms in total. The average Bonchev–Trinajstić information content (AvgIpc) is 2.53. The van der Waals surface area contributed by atoms with Crippen LogP contribution in [-0.2, 0) is 4.79 Å². The zero-order valence-corrected chi connectivity index (χ0v) is 14.8. The number of carbonyl (C=O) groups excluding carboxylic acids is 1. The molecule has 0 saturated heterocycles. The summed E-state index contributed by atoms with van der Waals surface area (Å²) in [5.74, 6) is 1.09. The van der Waals surface area contributed by atoms with E-state index in [1.54, 1.807) is 32.4 Å². The minimum Gasteiger partial charge on any atom is -0.497 e. The van der Waals surface area contributed by atoms with E-state index in [0.29, 0.717) is 17.2 Å². The summed E-state index contributed by atoms with van der Waals surface area (Å²) in [6.07, 6.45) is 0. The van der Waals surface area contributed by atoms with Gasteiger partial charge in [0.1, 0.15) is 11.5 Å². The molecule has 0 unspecified atom stereocenters. The van der Waals surface area contributed by atoms with E-state index in [0.717, 1.165) is 16.8 Å².